The van der Waals surface area contributed by atoms with Crippen molar-refractivity contribution in [3.8, 4) is 23.7 Å². The van der Waals surface area contributed by atoms with Crippen molar-refractivity contribution >= 4 is 5.97 Å². The number of unbranched alkanes of at least 4 members (excludes halogenated alkanes) is 4. The van der Waals surface area contributed by atoms with Crippen LogP contribution < -0.4 is 0 Å². The number of rotatable bonds is 9. The van der Waals surface area contributed by atoms with Crippen molar-refractivity contribution in [3.63, 3.8) is 0 Å². The van der Waals surface area contributed by atoms with Gasteiger partial charge in [0.15, 0.2) is 6.10 Å². The second-order valence-electron chi connectivity index (χ2n) is 5.69. The maximum Gasteiger partial charge on any atom is 0.339 e. The smallest absolute Gasteiger partial charge is 0.339 e. The van der Waals surface area contributed by atoms with E-state index in [0.29, 0.717) is 5.56 Å². The summed E-state index contributed by atoms with van der Waals surface area (Å²) in [4.78, 5) is 11.9. The lowest BCUT2D eigenvalue weighted by molar-refractivity contribution is 0.0475. The van der Waals surface area contributed by atoms with E-state index in [4.69, 9.17) is 4.74 Å². The molecule has 2 unspecified atom stereocenters. The van der Waals surface area contributed by atoms with Crippen LogP contribution in [0, 0.1) is 23.7 Å². The fourth-order valence-corrected chi connectivity index (χ4v) is 2.07. The van der Waals surface area contributed by atoms with Crippen molar-refractivity contribution in [3.05, 3.63) is 60.7 Å². The lowest BCUT2D eigenvalue weighted by atomic mass is 10.1. The zero-order chi connectivity index (χ0) is 19.0. The van der Waals surface area contributed by atoms with E-state index in [2.05, 4.69) is 37.2 Å². The third kappa shape index (κ3) is 9.52. The van der Waals surface area contributed by atoms with Crippen molar-refractivity contribution in [1.29, 1.82) is 0 Å². The summed E-state index contributed by atoms with van der Waals surface area (Å²) in [6.45, 7) is 5.78. The molecule has 1 aromatic rings. The predicted molar refractivity (Wildman–Crippen MR) is 105 cm³/mol. The van der Waals surface area contributed by atoms with E-state index in [1.54, 1.807) is 30.3 Å². The highest BCUT2D eigenvalue weighted by Crippen LogP contribution is 2.04. The summed E-state index contributed by atoms with van der Waals surface area (Å²) in [5.74, 6) is 10.0. The number of carbonyl (C=O) groups is 1. The van der Waals surface area contributed by atoms with Gasteiger partial charge in [0, 0.05) is 0 Å². The predicted octanol–water partition coefficient (Wildman–Crippen LogP) is 4.29. The summed E-state index contributed by atoms with van der Waals surface area (Å²) in [7, 11) is 0. The first-order valence-electron chi connectivity index (χ1n) is 8.91. The third-order valence-electron chi connectivity index (χ3n) is 3.50. The minimum Gasteiger partial charge on any atom is -0.441 e. The minimum absolute atomic E-state index is 0.451. The van der Waals surface area contributed by atoms with Gasteiger partial charge in [-0.3, -0.25) is 0 Å². The molecule has 1 N–H and O–H groups in total. The van der Waals surface area contributed by atoms with E-state index in [1.807, 2.05) is 12.1 Å². The largest absolute Gasteiger partial charge is 0.441 e. The maximum absolute atomic E-state index is 11.9. The lowest BCUT2D eigenvalue weighted by Crippen LogP contribution is -2.14. The summed E-state index contributed by atoms with van der Waals surface area (Å²) in [6.07, 6.45) is 9.18. The lowest BCUT2D eigenvalue weighted by Gasteiger charge is -2.07. The Morgan fingerprint density at radius 1 is 1.19 bits per heavy atom. The number of benzene rings is 1. The monoisotopic (exact) mass is 350 g/mol. The van der Waals surface area contributed by atoms with Crippen LogP contribution in [0.5, 0.6) is 0 Å². The Bertz CT molecular complexity index is 696. The molecule has 0 amide bonds. The second kappa shape index (κ2) is 13.5. The second-order valence-corrected chi connectivity index (χ2v) is 5.69. The first-order chi connectivity index (χ1) is 12.7. The van der Waals surface area contributed by atoms with Crippen LogP contribution in [0.2, 0.25) is 0 Å². The Kier molecular flexibility index (Phi) is 11.1. The molecule has 1 rings (SSSR count). The molecule has 0 saturated carbocycles. The van der Waals surface area contributed by atoms with E-state index >= 15 is 0 Å². The van der Waals surface area contributed by atoms with Crippen molar-refractivity contribution < 1.29 is 14.6 Å². The molecule has 1 aromatic carbocycles. The minimum atomic E-state index is -0.843. The van der Waals surface area contributed by atoms with Gasteiger partial charge in [-0.1, -0.05) is 63.0 Å². The van der Waals surface area contributed by atoms with Crippen LogP contribution in [0.4, 0.5) is 0 Å². The molecule has 2 atom stereocenters. The SMILES string of the molecule is C=CC(C#CC#CC(O)/C=C\CCCCCC)OC(=O)c1ccccc1. The Labute approximate surface area is 156 Å². The standard InChI is InChI=1S/C23H26O3/c1-3-5-6-7-8-12-17-21(24)18-13-14-19-22(4-2)26-23(25)20-15-10-9-11-16-20/h4,9-12,15-17,21-22,24H,2-3,5-8H2,1H3/b17-12-. The van der Waals surface area contributed by atoms with Crippen molar-refractivity contribution in [2.75, 3.05) is 0 Å². The van der Waals surface area contributed by atoms with Gasteiger partial charge in [-0.15, -0.1) is 0 Å². The van der Waals surface area contributed by atoms with Crippen LogP contribution in [-0.2, 0) is 4.74 Å². The molecule has 3 nitrogen and oxygen atoms in total. The fraction of sp³-hybridized carbons (Fsp3) is 0.348. The number of aliphatic hydroxyl groups excluding tert-OH is 1. The molecule has 0 aromatic heterocycles. The molecule has 0 fully saturated rings. The van der Waals surface area contributed by atoms with Gasteiger partial charge in [0.05, 0.1) is 5.56 Å². The normalized spacial score (nSPS) is 12.2. The van der Waals surface area contributed by atoms with E-state index in [1.165, 1.54) is 25.3 Å². The number of aliphatic hydroxyl groups is 1. The molecule has 26 heavy (non-hydrogen) atoms. The number of hydrogen-bond donors (Lipinski definition) is 1. The number of carbonyl (C=O) groups excluding carboxylic acids is 1. The molecule has 0 heterocycles. The first-order valence-corrected chi connectivity index (χ1v) is 8.91. The summed E-state index contributed by atoms with van der Waals surface area (Å²) < 4.78 is 5.23. The molecule has 3 heteroatoms. The highest BCUT2D eigenvalue weighted by Gasteiger charge is 2.10. The molecular formula is C23H26O3. The average Bonchev–Trinajstić information content (AvgIpc) is 2.67. The molecular weight excluding hydrogens is 324 g/mol. The van der Waals surface area contributed by atoms with Crippen LogP contribution in [0.15, 0.2) is 55.1 Å². The first kappa shape index (κ1) is 21.3. The van der Waals surface area contributed by atoms with E-state index < -0.39 is 18.2 Å². The quantitative estimate of drug-likeness (QED) is 0.313. The third-order valence-corrected chi connectivity index (χ3v) is 3.50. The zero-order valence-corrected chi connectivity index (χ0v) is 15.3. The van der Waals surface area contributed by atoms with E-state index in [-0.39, 0.29) is 0 Å². The van der Waals surface area contributed by atoms with Gasteiger partial charge in [-0.05, 0) is 54.9 Å². The number of allylic oxidation sites excluding steroid dienone is 1. The van der Waals surface area contributed by atoms with Crippen LogP contribution in [0.1, 0.15) is 49.4 Å². The van der Waals surface area contributed by atoms with Crippen LogP contribution in [-0.4, -0.2) is 23.3 Å². The number of hydrogen-bond acceptors (Lipinski definition) is 3. The molecule has 0 aliphatic carbocycles. The van der Waals surface area contributed by atoms with Gasteiger partial charge < -0.3 is 9.84 Å². The summed E-state index contributed by atoms with van der Waals surface area (Å²) >= 11 is 0. The van der Waals surface area contributed by atoms with E-state index in [9.17, 15) is 9.90 Å². The molecule has 136 valence electrons. The van der Waals surface area contributed by atoms with Gasteiger partial charge >= 0.3 is 5.97 Å². The molecule has 0 radical (unpaired) electrons. The average molecular weight is 350 g/mol. The molecule has 0 aliphatic heterocycles. The molecule has 0 saturated heterocycles. The van der Waals surface area contributed by atoms with Crippen LogP contribution in [0.25, 0.3) is 0 Å². The highest BCUT2D eigenvalue weighted by molar-refractivity contribution is 5.89. The Hall–Kier alpha value is -2.75. The molecule has 0 spiro atoms. The van der Waals surface area contributed by atoms with Crippen LogP contribution in [0.3, 0.4) is 0 Å². The molecule has 0 bridgehead atoms. The topological polar surface area (TPSA) is 46.5 Å². The summed E-state index contributed by atoms with van der Waals surface area (Å²) in [5, 5.41) is 9.73. The Morgan fingerprint density at radius 2 is 1.92 bits per heavy atom. The maximum atomic E-state index is 11.9. The Balaban J connectivity index is 2.44. The highest BCUT2D eigenvalue weighted by atomic mass is 16.5. The van der Waals surface area contributed by atoms with Crippen molar-refractivity contribution in [2.45, 2.75) is 51.2 Å². The summed E-state index contributed by atoms with van der Waals surface area (Å²) in [6, 6.07) is 8.67. The van der Waals surface area contributed by atoms with Gasteiger partial charge in [0.25, 0.3) is 0 Å². The number of esters is 1. The van der Waals surface area contributed by atoms with E-state index in [0.717, 1.165) is 12.8 Å². The van der Waals surface area contributed by atoms with Crippen LogP contribution >= 0.6 is 0 Å². The zero-order valence-electron chi connectivity index (χ0n) is 15.3. The fourth-order valence-electron chi connectivity index (χ4n) is 2.07. The number of ether oxygens (including phenoxy) is 1. The van der Waals surface area contributed by atoms with Crippen molar-refractivity contribution in [1.82, 2.24) is 0 Å². The van der Waals surface area contributed by atoms with Gasteiger partial charge in [-0.2, -0.15) is 0 Å². The van der Waals surface area contributed by atoms with Crippen molar-refractivity contribution in [2.24, 2.45) is 0 Å². The van der Waals surface area contributed by atoms with Gasteiger partial charge in [0.1, 0.15) is 6.10 Å². The Morgan fingerprint density at radius 3 is 2.62 bits per heavy atom. The molecule has 0 aliphatic rings. The van der Waals surface area contributed by atoms with Gasteiger partial charge in [-0.25, -0.2) is 4.79 Å². The van der Waals surface area contributed by atoms with Gasteiger partial charge in [0.2, 0.25) is 0 Å². The summed E-state index contributed by atoms with van der Waals surface area (Å²) in [5.41, 5.74) is 0.451.